The molecule has 0 fully saturated rings. The molecular formula is C23H22N2O2. The van der Waals surface area contributed by atoms with Crippen LogP contribution >= 0.6 is 0 Å². The van der Waals surface area contributed by atoms with Gasteiger partial charge in [-0.2, -0.15) is 0 Å². The van der Waals surface area contributed by atoms with Crippen molar-refractivity contribution in [3.63, 3.8) is 0 Å². The zero-order chi connectivity index (χ0) is 18.6. The monoisotopic (exact) mass is 358 g/mol. The van der Waals surface area contributed by atoms with E-state index in [0.717, 1.165) is 29.3 Å². The molecule has 3 aromatic carbocycles. The first kappa shape index (κ1) is 17.2. The lowest BCUT2D eigenvalue weighted by Crippen LogP contribution is -2.37. The molecule has 1 unspecified atom stereocenters. The van der Waals surface area contributed by atoms with Crippen molar-refractivity contribution < 1.29 is 9.53 Å². The van der Waals surface area contributed by atoms with Crippen LogP contribution in [0.1, 0.15) is 12.5 Å². The Labute approximate surface area is 159 Å². The Morgan fingerprint density at radius 2 is 1.63 bits per heavy atom. The van der Waals surface area contributed by atoms with Gasteiger partial charge < -0.3 is 15.0 Å². The van der Waals surface area contributed by atoms with Crippen LogP contribution in [0.5, 0.6) is 11.5 Å². The second-order valence-electron chi connectivity index (χ2n) is 6.80. The number of fused-ring (bicyclic) bond motifs is 1. The molecule has 1 aliphatic rings. The van der Waals surface area contributed by atoms with Crippen LogP contribution in [0.25, 0.3) is 0 Å². The smallest absolute Gasteiger partial charge is 0.243 e. The molecule has 1 atom stereocenters. The summed E-state index contributed by atoms with van der Waals surface area (Å²) in [5.41, 5.74) is 3.23. The van der Waals surface area contributed by atoms with Gasteiger partial charge in [0.25, 0.3) is 0 Å². The minimum absolute atomic E-state index is 0.0183. The summed E-state index contributed by atoms with van der Waals surface area (Å²) in [4.78, 5) is 14.7. The first-order valence-corrected chi connectivity index (χ1v) is 9.16. The van der Waals surface area contributed by atoms with E-state index in [1.807, 2.05) is 66.7 Å². The number of para-hydroxylation sites is 2. The quantitative estimate of drug-likeness (QED) is 0.707. The third kappa shape index (κ3) is 3.95. The molecule has 0 radical (unpaired) electrons. The van der Waals surface area contributed by atoms with Gasteiger partial charge in [0.2, 0.25) is 5.91 Å². The number of hydrogen-bond acceptors (Lipinski definition) is 3. The molecule has 4 nitrogen and oxygen atoms in total. The van der Waals surface area contributed by atoms with Crippen LogP contribution in [0, 0.1) is 0 Å². The Bertz CT molecular complexity index is 923. The van der Waals surface area contributed by atoms with Gasteiger partial charge in [-0.3, -0.25) is 4.79 Å². The Morgan fingerprint density at radius 3 is 2.41 bits per heavy atom. The second kappa shape index (κ2) is 7.54. The number of amides is 1. The maximum absolute atomic E-state index is 12.5. The fraction of sp³-hybridized carbons (Fsp3) is 0.174. The molecule has 1 heterocycles. The van der Waals surface area contributed by atoms with Gasteiger partial charge in [0.1, 0.15) is 11.5 Å². The minimum atomic E-state index is -0.0183. The van der Waals surface area contributed by atoms with Gasteiger partial charge in [0.05, 0.1) is 6.54 Å². The average Bonchev–Trinajstić information content (AvgIpc) is 2.99. The summed E-state index contributed by atoms with van der Waals surface area (Å²) in [5.74, 6) is 1.51. The van der Waals surface area contributed by atoms with Crippen molar-refractivity contribution in [1.29, 1.82) is 0 Å². The third-order valence-corrected chi connectivity index (χ3v) is 4.78. The van der Waals surface area contributed by atoms with Crippen LogP contribution in [-0.2, 0) is 11.2 Å². The van der Waals surface area contributed by atoms with E-state index in [-0.39, 0.29) is 5.91 Å². The van der Waals surface area contributed by atoms with Gasteiger partial charge >= 0.3 is 0 Å². The molecule has 0 bridgehead atoms. The number of carbonyl (C=O) groups excluding carboxylic acids is 1. The van der Waals surface area contributed by atoms with Gasteiger partial charge in [-0.1, -0.05) is 36.4 Å². The number of hydrogen-bond donors (Lipinski definition) is 1. The predicted octanol–water partition coefficient (Wildman–Crippen LogP) is 4.87. The molecule has 0 aliphatic carbocycles. The van der Waals surface area contributed by atoms with Crippen LogP contribution in [0.4, 0.5) is 11.4 Å². The van der Waals surface area contributed by atoms with E-state index in [1.165, 1.54) is 5.56 Å². The first-order valence-electron chi connectivity index (χ1n) is 9.16. The molecule has 1 amide bonds. The highest BCUT2D eigenvalue weighted by Gasteiger charge is 2.26. The van der Waals surface area contributed by atoms with E-state index in [2.05, 4.69) is 29.3 Å². The summed E-state index contributed by atoms with van der Waals surface area (Å²) in [6.45, 7) is 2.50. The minimum Gasteiger partial charge on any atom is -0.457 e. The van der Waals surface area contributed by atoms with Crippen LogP contribution in [0.2, 0.25) is 0 Å². The molecule has 0 aromatic heterocycles. The number of carbonyl (C=O) groups is 1. The van der Waals surface area contributed by atoms with Crippen molar-refractivity contribution in [2.45, 2.75) is 19.4 Å². The Hall–Kier alpha value is -3.27. The fourth-order valence-corrected chi connectivity index (χ4v) is 3.46. The molecule has 0 spiro atoms. The normalized spacial score (nSPS) is 15.3. The molecule has 27 heavy (non-hydrogen) atoms. The van der Waals surface area contributed by atoms with Gasteiger partial charge in [0.15, 0.2) is 0 Å². The van der Waals surface area contributed by atoms with Gasteiger partial charge in [-0.25, -0.2) is 0 Å². The zero-order valence-corrected chi connectivity index (χ0v) is 15.3. The molecule has 1 N–H and O–H groups in total. The number of benzene rings is 3. The lowest BCUT2D eigenvalue weighted by Gasteiger charge is -2.24. The first-order chi connectivity index (χ1) is 13.2. The molecule has 4 rings (SSSR count). The van der Waals surface area contributed by atoms with E-state index < -0.39 is 0 Å². The highest BCUT2D eigenvalue weighted by atomic mass is 16.5. The second-order valence-corrected chi connectivity index (χ2v) is 6.80. The Balaban J connectivity index is 1.37. The van der Waals surface area contributed by atoms with Crippen molar-refractivity contribution in [3.05, 3.63) is 84.4 Å². The summed E-state index contributed by atoms with van der Waals surface area (Å²) >= 11 is 0. The van der Waals surface area contributed by atoms with E-state index in [0.29, 0.717) is 12.6 Å². The lowest BCUT2D eigenvalue weighted by molar-refractivity contribution is -0.115. The Kier molecular flexibility index (Phi) is 4.79. The molecule has 4 heteroatoms. The van der Waals surface area contributed by atoms with E-state index in [9.17, 15) is 4.79 Å². The van der Waals surface area contributed by atoms with Crippen molar-refractivity contribution in [3.8, 4) is 11.5 Å². The maximum Gasteiger partial charge on any atom is 0.243 e. The molecule has 0 saturated heterocycles. The zero-order valence-electron chi connectivity index (χ0n) is 15.3. The number of ether oxygens (including phenoxy) is 1. The van der Waals surface area contributed by atoms with Crippen molar-refractivity contribution in [2.75, 3.05) is 16.8 Å². The van der Waals surface area contributed by atoms with Gasteiger partial charge in [0, 0.05) is 17.4 Å². The van der Waals surface area contributed by atoms with Crippen LogP contribution in [-0.4, -0.2) is 18.5 Å². The summed E-state index contributed by atoms with van der Waals surface area (Å²) < 4.78 is 5.78. The van der Waals surface area contributed by atoms with E-state index in [1.54, 1.807) is 0 Å². The highest BCUT2D eigenvalue weighted by molar-refractivity contribution is 5.94. The summed E-state index contributed by atoms with van der Waals surface area (Å²) in [6.07, 6.45) is 0.981. The Morgan fingerprint density at radius 1 is 0.963 bits per heavy atom. The third-order valence-electron chi connectivity index (χ3n) is 4.78. The lowest BCUT2D eigenvalue weighted by atomic mass is 10.1. The molecule has 136 valence electrons. The fourth-order valence-electron chi connectivity index (χ4n) is 3.46. The van der Waals surface area contributed by atoms with Crippen molar-refractivity contribution >= 4 is 17.3 Å². The average molecular weight is 358 g/mol. The van der Waals surface area contributed by atoms with Gasteiger partial charge in [-0.05, 0) is 61.4 Å². The SMILES string of the molecule is CC1Cc2ccccc2N1CC(=O)Nc1ccc(Oc2ccccc2)cc1. The largest absolute Gasteiger partial charge is 0.457 e. The summed E-state index contributed by atoms with van der Waals surface area (Å²) in [6, 6.07) is 25.7. The topological polar surface area (TPSA) is 41.6 Å². The highest BCUT2D eigenvalue weighted by Crippen LogP contribution is 2.31. The maximum atomic E-state index is 12.5. The van der Waals surface area contributed by atoms with E-state index in [4.69, 9.17) is 4.74 Å². The standard InChI is InChI=1S/C23H22N2O2/c1-17-15-18-7-5-6-10-22(18)25(17)16-23(26)24-19-11-13-21(14-12-19)27-20-8-3-2-4-9-20/h2-14,17H,15-16H2,1H3,(H,24,26). The summed E-state index contributed by atoms with van der Waals surface area (Å²) in [7, 11) is 0. The molecular weight excluding hydrogens is 336 g/mol. The van der Waals surface area contributed by atoms with Crippen molar-refractivity contribution in [2.24, 2.45) is 0 Å². The number of anilines is 2. The number of rotatable bonds is 5. The molecule has 0 saturated carbocycles. The molecule has 1 aliphatic heterocycles. The van der Waals surface area contributed by atoms with Crippen LogP contribution in [0.15, 0.2) is 78.9 Å². The van der Waals surface area contributed by atoms with Crippen LogP contribution in [0.3, 0.4) is 0 Å². The van der Waals surface area contributed by atoms with E-state index >= 15 is 0 Å². The summed E-state index contributed by atoms with van der Waals surface area (Å²) in [5, 5.41) is 2.98. The molecule has 3 aromatic rings. The van der Waals surface area contributed by atoms with Gasteiger partial charge in [-0.15, -0.1) is 0 Å². The predicted molar refractivity (Wildman–Crippen MR) is 109 cm³/mol. The van der Waals surface area contributed by atoms with Crippen LogP contribution < -0.4 is 15.0 Å². The number of nitrogens with zero attached hydrogens (tertiary/aromatic N) is 1. The number of nitrogens with one attached hydrogen (secondary N) is 1. The van der Waals surface area contributed by atoms with Crippen molar-refractivity contribution in [1.82, 2.24) is 0 Å².